The lowest BCUT2D eigenvalue weighted by Gasteiger charge is -2.36. The molecule has 0 amide bonds. The Morgan fingerprint density at radius 3 is 1.07 bits per heavy atom. The van der Waals surface area contributed by atoms with Crippen LogP contribution in [-0.4, -0.2) is 54.1 Å². The van der Waals surface area contributed by atoms with Gasteiger partial charge in [0.05, 0.1) is 0 Å². The maximum atomic E-state index is 13.6. The van der Waals surface area contributed by atoms with E-state index in [4.69, 9.17) is 42.0 Å². The highest BCUT2D eigenvalue weighted by atomic mass is 31.2. The Bertz CT molecular complexity index is 684. The van der Waals surface area contributed by atoms with Crippen LogP contribution in [0.2, 0.25) is 0 Å². The van der Waals surface area contributed by atoms with Crippen LogP contribution in [0.4, 0.5) is 14.4 Å². The third kappa shape index (κ3) is 4.00. The van der Waals surface area contributed by atoms with E-state index in [2.05, 4.69) is 0 Å². The molecule has 14 heteroatoms. The Balaban J connectivity index is 1.93. The maximum absolute atomic E-state index is 13.6. The van der Waals surface area contributed by atoms with Crippen molar-refractivity contribution in [3.8, 4) is 0 Å². The molecule has 0 aromatic rings. The molecule has 3 heterocycles. The smallest absolute Gasteiger partial charge is 0.424 e. The second kappa shape index (κ2) is 6.73. The fraction of sp³-hybridized carbons (Fsp3) is 0.800. The monoisotopic (exact) mass is 440 g/mol. The minimum absolute atomic E-state index is 1.02. The summed E-state index contributed by atoms with van der Waals surface area (Å²) in [6.07, 6.45) is -6.27. The van der Waals surface area contributed by atoms with Crippen LogP contribution < -0.4 is 0 Å². The maximum Gasteiger partial charge on any atom is 0.511 e. The third-order valence-corrected chi connectivity index (χ3v) is 6.53. The number of ether oxygens (including phenoxy) is 6. The Labute approximate surface area is 165 Å². The molecule has 0 radical (unpaired) electrons. The van der Waals surface area contributed by atoms with Crippen molar-refractivity contribution < 1.29 is 60.9 Å². The normalized spacial score (nSPS) is 43.5. The highest BCUT2D eigenvalue weighted by molar-refractivity contribution is 7.48. The number of hydrogen-bond acceptors (Lipinski definition) is 13. The topological polar surface area (TPSA) is 151 Å². The summed E-state index contributed by atoms with van der Waals surface area (Å²) in [6.45, 7) is 8.03. The van der Waals surface area contributed by atoms with Crippen molar-refractivity contribution in [3.63, 3.8) is 0 Å². The summed E-state index contributed by atoms with van der Waals surface area (Å²) in [7, 11) is -4.83. The largest absolute Gasteiger partial charge is 0.511 e. The number of carbonyl (C=O) groups excluding carboxylic acids is 3. The fourth-order valence-corrected chi connectivity index (χ4v) is 4.57. The second-order valence-electron chi connectivity index (χ2n) is 7.11. The van der Waals surface area contributed by atoms with Gasteiger partial charge in [-0.25, -0.2) is 32.5 Å². The molecule has 3 rings (SSSR count). The molecule has 0 saturated carbocycles. The third-order valence-electron chi connectivity index (χ3n) is 4.77. The van der Waals surface area contributed by atoms with E-state index in [1.165, 1.54) is 41.5 Å². The van der Waals surface area contributed by atoms with Crippen LogP contribution in [-0.2, 0) is 46.6 Å². The van der Waals surface area contributed by atoms with Gasteiger partial charge in [0, 0.05) is 20.8 Å². The Hall–Kier alpha value is -2.08. The van der Waals surface area contributed by atoms with Crippen LogP contribution >= 0.6 is 7.82 Å². The van der Waals surface area contributed by atoms with Crippen LogP contribution in [0.25, 0.3) is 0 Å². The molecule has 0 spiro atoms. The number of phosphoric acid groups is 1. The SMILES string of the molecule is CC1OC(=O)OC1(C)OP(=O)(OC1(C)OC(=O)OC1C)OC1(C)OC(=O)OC1C. The van der Waals surface area contributed by atoms with Crippen LogP contribution in [0, 0.1) is 0 Å². The Morgan fingerprint density at radius 2 is 0.897 bits per heavy atom. The first-order chi connectivity index (χ1) is 13.2. The average molecular weight is 440 g/mol. The van der Waals surface area contributed by atoms with Gasteiger partial charge in [0.2, 0.25) is 0 Å². The van der Waals surface area contributed by atoms with Crippen LogP contribution in [0.1, 0.15) is 41.5 Å². The molecule has 0 aliphatic carbocycles. The van der Waals surface area contributed by atoms with Gasteiger partial charge in [-0.3, -0.25) is 0 Å². The van der Waals surface area contributed by atoms with E-state index >= 15 is 0 Å². The molecule has 13 nitrogen and oxygen atoms in total. The lowest BCUT2D eigenvalue weighted by molar-refractivity contribution is -0.206. The lowest BCUT2D eigenvalue weighted by Crippen LogP contribution is -2.44. The minimum Gasteiger partial charge on any atom is -0.424 e. The van der Waals surface area contributed by atoms with Crippen LogP contribution in [0.3, 0.4) is 0 Å². The van der Waals surface area contributed by atoms with Crippen LogP contribution in [0.5, 0.6) is 0 Å². The zero-order chi connectivity index (χ0) is 21.8. The predicted molar refractivity (Wildman–Crippen MR) is 87.2 cm³/mol. The van der Waals surface area contributed by atoms with E-state index in [0.29, 0.717) is 0 Å². The minimum atomic E-state index is -4.83. The van der Waals surface area contributed by atoms with E-state index < -0.39 is 62.0 Å². The van der Waals surface area contributed by atoms with Crippen molar-refractivity contribution in [1.29, 1.82) is 0 Å². The molecule has 3 saturated heterocycles. The standard InChI is InChI=1S/C15H21O13P/c1-7-13(4,23-10(16)20-7)26-29(19,27-14(5)8(2)21-11(17)24-14)28-15(6)9(3)22-12(18)25-15/h7-9H,1-6H3. The van der Waals surface area contributed by atoms with Gasteiger partial charge >= 0.3 is 26.3 Å². The lowest BCUT2D eigenvalue weighted by atomic mass is 10.2. The molecule has 0 bridgehead atoms. The van der Waals surface area contributed by atoms with Gasteiger partial charge in [-0.05, 0) is 20.8 Å². The summed E-state index contributed by atoms with van der Waals surface area (Å²) in [5.74, 6) is -5.71. The molecule has 0 aromatic carbocycles. The van der Waals surface area contributed by atoms with E-state index in [1.54, 1.807) is 0 Å². The summed E-state index contributed by atoms with van der Waals surface area (Å²) in [6, 6.07) is 0. The predicted octanol–water partition coefficient (Wildman–Crippen LogP) is 2.96. The molecule has 29 heavy (non-hydrogen) atoms. The number of hydrogen-bond donors (Lipinski definition) is 0. The molecular formula is C15H21O13P. The summed E-state index contributed by atoms with van der Waals surface area (Å²) < 4.78 is 59.4. The molecule has 3 aliphatic heterocycles. The zero-order valence-electron chi connectivity index (χ0n) is 16.5. The Kier molecular flexibility index (Phi) is 5.02. The highest BCUT2D eigenvalue weighted by Crippen LogP contribution is 2.61. The first-order valence-electron chi connectivity index (χ1n) is 8.60. The quantitative estimate of drug-likeness (QED) is 0.338. The van der Waals surface area contributed by atoms with Gasteiger partial charge in [-0.15, -0.1) is 0 Å². The summed E-state index contributed by atoms with van der Waals surface area (Å²) >= 11 is 0. The van der Waals surface area contributed by atoms with Crippen molar-refractivity contribution >= 4 is 26.3 Å². The second-order valence-corrected chi connectivity index (χ2v) is 8.55. The molecule has 0 N–H and O–H groups in total. The number of phosphoric ester groups is 1. The van der Waals surface area contributed by atoms with Gasteiger partial charge in [0.25, 0.3) is 17.4 Å². The van der Waals surface area contributed by atoms with Crippen molar-refractivity contribution in [3.05, 3.63) is 0 Å². The molecule has 164 valence electrons. The van der Waals surface area contributed by atoms with Crippen molar-refractivity contribution in [2.45, 2.75) is 77.2 Å². The van der Waals surface area contributed by atoms with Gasteiger partial charge in [-0.2, -0.15) is 0 Å². The van der Waals surface area contributed by atoms with E-state index in [1.807, 2.05) is 0 Å². The highest BCUT2D eigenvalue weighted by Gasteiger charge is 2.61. The molecule has 3 aliphatic rings. The van der Waals surface area contributed by atoms with E-state index in [9.17, 15) is 18.9 Å². The van der Waals surface area contributed by atoms with Gasteiger partial charge in [0.1, 0.15) is 0 Å². The zero-order valence-corrected chi connectivity index (χ0v) is 17.4. The average Bonchev–Trinajstić information content (AvgIpc) is 3.01. The molecule has 6 atom stereocenters. The van der Waals surface area contributed by atoms with Gasteiger partial charge in [-0.1, -0.05) is 0 Å². The summed E-state index contributed by atoms with van der Waals surface area (Å²) in [4.78, 5) is 34.5. The number of carbonyl (C=O) groups is 3. The first kappa shape index (κ1) is 21.6. The number of cyclic esters (lactones) is 6. The van der Waals surface area contributed by atoms with Gasteiger partial charge < -0.3 is 28.4 Å². The van der Waals surface area contributed by atoms with Crippen molar-refractivity contribution in [1.82, 2.24) is 0 Å². The molecular weight excluding hydrogens is 419 g/mol. The van der Waals surface area contributed by atoms with Gasteiger partial charge in [0.15, 0.2) is 18.3 Å². The molecule has 6 unspecified atom stereocenters. The molecule has 3 fully saturated rings. The van der Waals surface area contributed by atoms with E-state index in [0.717, 1.165) is 0 Å². The summed E-state index contributed by atoms with van der Waals surface area (Å²) in [5, 5.41) is 0. The first-order valence-corrected chi connectivity index (χ1v) is 10.1. The number of rotatable bonds is 6. The molecule has 0 aromatic heterocycles. The van der Waals surface area contributed by atoms with Crippen molar-refractivity contribution in [2.75, 3.05) is 0 Å². The Morgan fingerprint density at radius 1 is 0.655 bits per heavy atom. The van der Waals surface area contributed by atoms with E-state index in [-0.39, 0.29) is 0 Å². The summed E-state index contributed by atoms with van der Waals surface area (Å²) in [5.41, 5.74) is 0. The fourth-order valence-electron chi connectivity index (χ4n) is 2.57. The van der Waals surface area contributed by atoms with Crippen LogP contribution in [0.15, 0.2) is 0 Å². The van der Waals surface area contributed by atoms with Crippen molar-refractivity contribution in [2.24, 2.45) is 0 Å².